The second kappa shape index (κ2) is 8.63. The zero-order chi connectivity index (χ0) is 25.6. The van der Waals surface area contributed by atoms with Crippen LogP contribution in [-0.2, 0) is 22.3 Å². The first-order valence-corrected chi connectivity index (χ1v) is 10.9. The second-order valence-electron chi connectivity index (χ2n) is 8.37. The Morgan fingerprint density at radius 2 is 1.83 bits per heavy atom. The number of hydrogen-bond acceptors (Lipinski definition) is 5. The van der Waals surface area contributed by atoms with Crippen LogP contribution in [0.1, 0.15) is 44.9 Å². The van der Waals surface area contributed by atoms with Crippen molar-refractivity contribution in [2.24, 2.45) is 0 Å². The molecule has 1 aromatic heterocycles. The molecule has 2 aliphatic heterocycles. The van der Waals surface area contributed by atoms with Gasteiger partial charge in [0.25, 0.3) is 11.8 Å². The van der Waals surface area contributed by atoms with Crippen molar-refractivity contribution in [3.8, 4) is 5.69 Å². The Morgan fingerprint density at radius 3 is 2.53 bits per heavy atom. The van der Waals surface area contributed by atoms with Gasteiger partial charge in [0.2, 0.25) is 11.8 Å². The number of imide groups is 1. The summed E-state index contributed by atoms with van der Waals surface area (Å²) in [5.74, 6) is -2.44. The van der Waals surface area contributed by atoms with Crippen LogP contribution in [0.2, 0.25) is 0 Å². The van der Waals surface area contributed by atoms with Gasteiger partial charge in [0.1, 0.15) is 12.4 Å². The summed E-state index contributed by atoms with van der Waals surface area (Å²) in [6.45, 7) is 0.0561. The van der Waals surface area contributed by atoms with Gasteiger partial charge in [0, 0.05) is 29.9 Å². The minimum Gasteiger partial charge on any atom is -0.322 e. The topological polar surface area (TPSA) is 113 Å². The van der Waals surface area contributed by atoms with Gasteiger partial charge < -0.3 is 10.2 Å². The summed E-state index contributed by atoms with van der Waals surface area (Å²) in [6, 6.07) is 11.2. The van der Waals surface area contributed by atoms with Crippen molar-refractivity contribution in [1.82, 2.24) is 19.8 Å². The molecular weight excluding hydrogens is 479 g/mol. The van der Waals surface area contributed by atoms with Gasteiger partial charge in [-0.3, -0.25) is 29.1 Å². The van der Waals surface area contributed by atoms with E-state index in [1.54, 1.807) is 18.2 Å². The molecule has 2 aliphatic rings. The monoisotopic (exact) mass is 497 g/mol. The third kappa shape index (κ3) is 4.10. The molecule has 0 spiro atoms. The van der Waals surface area contributed by atoms with Crippen LogP contribution in [0.3, 0.4) is 0 Å². The SMILES string of the molecule is O=C1CCC(N2Cc3cc(NC(=O)c4ncn(-c5ccccc5)c4C(F)(F)F)ccc3C2=O)C(=O)N1. The van der Waals surface area contributed by atoms with Crippen molar-refractivity contribution in [3.63, 3.8) is 0 Å². The quantitative estimate of drug-likeness (QED) is 0.539. The highest BCUT2D eigenvalue weighted by Gasteiger charge is 2.41. The second-order valence-corrected chi connectivity index (χ2v) is 8.37. The summed E-state index contributed by atoms with van der Waals surface area (Å²) in [5, 5.41) is 4.63. The highest BCUT2D eigenvalue weighted by molar-refractivity contribution is 6.07. The van der Waals surface area contributed by atoms with E-state index in [2.05, 4.69) is 15.6 Å². The Hall–Kier alpha value is -4.48. The Labute approximate surface area is 201 Å². The predicted molar refractivity (Wildman–Crippen MR) is 119 cm³/mol. The van der Waals surface area contributed by atoms with E-state index in [4.69, 9.17) is 0 Å². The number of nitrogens with one attached hydrogen (secondary N) is 2. The lowest BCUT2D eigenvalue weighted by Crippen LogP contribution is -2.52. The molecule has 9 nitrogen and oxygen atoms in total. The molecular formula is C24H18F3N5O4. The van der Waals surface area contributed by atoms with E-state index in [0.29, 0.717) is 11.1 Å². The van der Waals surface area contributed by atoms with Crippen LogP contribution in [0, 0.1) is 0 Å². The molecule has 36 heavy (non-hydrogen) atoms. The molecule has 0 aliphatic carbocycles. The fourth-order valence-electron chi connectivity index (χ4n) is 4.41. The third-order valence-electron chi connectivity index (χ3n) is 6.07. The van der Waals surface area contributed by atoms with Crippen LogP contribution in [0.15, 0.2) is 54.9 Å². The van der Waals surface area contributed by atoms with E-state index in [-0.39, 0.29) is 30.8 Å². The summed E-state index contributed by atoms with van der Waals surface area (Å²) >= 11 is 0. The molecule has 1 fully saturated rings. The van der Waals surface area contributed by atoms with E-state index < -0.39 is 47.2 Å². The average molecular weight is 497 g/mol. The first-order chi connectivity index (χ1) is 17.1. The number of carbonyl (C=O) groups excluding carboxylic acids is 4. The standard InChI is InChI=1S/C24H18F3N5O4/c25-24(26,27)20-19(28-12-32(20)15-4-2-1-3-5-15)22(35)29-14-6-7-16-13(10-14)11-31(23(16)36)17-8-9-18(33)30-21(17)34/h1-7,10,12,17H,8-9,11H2,(H,29,35)(H,30,33,34). The van der Waals surface area contributed by atoms with Crippen LogP contribution in [0.5, 0.6) is 0 Å². The molecule has 2 aromatic carbocycles. The van der Waals surface area contributed by atoms with Gasteiger partial charge in [-0.05, 0) is 42.3 Å². The van der Waals surface area contributed by atoms with Crippen molar-refractivity contribution in [1.29, 1.82) is 0 Å². The maximum atomic E-state index is 13.9. The maximum absolute atomic E-state index is 13.9. The summed E-state index contributed by atoms with van der Waals surface area (Å²) in [5.41, 5.74) is -0.852. The van der Waals surface area contributed by atoms with E-state index in [1.165, 1.54) is 35.2 Å². The van der Waals surface area contributed by atoms with Gasteiger partial charge in [-0.1, -0.05) is 18.2 Å². The van der Waals surface area contributed by atoms with Gasteiger partial charge in [-0.2, -0.15) is 13.2 Å². The van der Waals surface area contributed by atoms with Crippen LogP contribution in [0.25, 0.3) is 5.69 Å². The number of nitrogens with zero attached hydrogens (tertiary/aromatic N) is 3. The van der Waals surface area contributed by atoms with Gasteiger partial charge in [-0.15, -0.1) is 0 Å². The number of halogens is 3. The number of alkyl halides is 3. The Balaban J connectivity index is 1.39. The van der Waals surface area contributed by atoms with Crippen molar-refractivity contribution >= 4 is 29.3 Å². The molecule has 4 amide bonds. The lowest BCUT2D eigenvalue weighted by Gasteiger charge is -2.29. The average Bonchev–Trinajstić information content (AvgIpc) is 3.42. The number of anilines is 1. The molecule has 184 valence electrons. The minimum absolute atomic E-state index is 0.0561. The molecule has 1 saturated heterocycles. The Kier molecular flexibility index (Phi) is 5.58. The molecule has 1 atom stereocenters. The highest BCUT2D eigenvalue weighted by atomic mass is 19.4. The number of fused-ring (bicyclic) bond motifs is 1. The summed E-state index contributed by atoms with van der Waals surface area (Å²) < 4.78 is 42.5. The maximum Gasteiger partial charge on any atom is 0.434 e. The lowest BCUT2D eigenvalue weighted by molar-refractivity contribution is -0.142. The smallest absolute Gasteiger partial charge is 0.322 e. The van der Waals surface area contributed by atoms with E-state index >= 15 is 0 Å². The summed E-state index contributed by atoms with van der Waals surface area (Å²) in [4.78, 5) is 54.3. The van der Waals surface area contributed by atoms with Gasteiger partial charge >= 0.3 is 6.18 Å². The fourth-order valence-corrected chi connectivity index (χ4v) is 4.41. The first-order valence-electron chi connectivity index (χ1n) is 10.9. The van der Waals surface area contributed by atoms with Crippen LogP contribution in [-0.4, -0.2) is 44.1 Å². The van der Waals surface area contributed by atoms with E-state index in [9.17, 15) is 32.3 Å². The number of benzene rings is 2. The normalized spacial score (nSPS) is 17.7. The lowest BCUT2D eigenvalue weighted by atomic mass is 10.0. The largest absolute Gasteiger partial charge is 0.434 e. The Bertz CT molecular complexity index is 1400. The number of amides is 4. The molecule has 5 rings (SSSR count). The van der Waals surface area contributed by atoms with Crippen molar-refractivity contribution < 1.29 is 32.3 Å². The minimum atomic E-state index is -4.86. The van der Waals surface area contributed by atoms with Crippen molar-refractivity contribution in [2.75, 3.05) is 5.32 Å². The zero-order valence-electron chi connectivity index (χ0n) is 18.5. The molecule has 3 heterocycles. The number of aromatic nitrogens is 2. The number of rotatable bonds is 4. The summed E-state index contributed by atoms with van der Waals surface area (Å²) in [7, 11) is 0. The van der Waals surface area contributed by atoms with E-state index in [1.807, 2.05) is 0 Å². The Morgan fingerprint density at radius 1 is 1.08 bits per heavy atom. The molecule has 0 radical (unpaired) electrons. The zero-order valence-corrected chi connectivity index (χ0v) is 18.5. The number of carbonyl (C=O) groups is 4. The summed E-state index contributed by atoms with van der Waals surface area (Å²) in [6.07, 6.45) is -3.62. The number of hydrogen-bond donors (Lipinski definition) is 2. The van der Waals surface area contributed by atoms with Gasteiger partial charge in [-0.25, -0.2) is 4.98 Å². The molecule has 3 aromatic rings. The molecule has 2 N–H and O–H groups in total. The number of para-hydroxylation sites is 1. The molecule has 0 saturated carbocycles. The molecule has 1 unspecified atom stereocenters. The fraction of sp³-hybridized carbons (Fsp3) is 0.208. The molecule has 12 heteroatoms. The van der Waals surface area contributed by atoms with Crippen LogP contribution < -0.4 is 10.6 Å². The first kappa shape index (κ1) is 23.3. The molecule has 0 bridgehead atoms. The van der Waals surface area contributed by atoms with Gasteiger partial charge in [0.05, 0.1) is 0 Å². The van der Waals surface area contributed by atoms with Gasteiger partial charge in [0.15, 0.2) is 11.4 Å². The number of imidazole rings is 1. The van der Waals surface area contributed by atoms with Crippen molar-refractivity contribution in [2.45, 2.75) is 31.6 Å². The highest BCUT2D eigenvalue weighted by Crippen LogP contribution is 2.34. The predicted octanol–water partition coefficient (Wildman–Crippen LogP) is 2.90. The van der Waals surface area contributed by atoms with Crippen LogP contribution >= 0.6 is 0 Å². The van der Waals surface area contributed by atoms with E-state index in [0.717, 1.165) is 10.9 Å². The number of piperidine rings is 1. The third-order valence-corrected chi connectivity index (χ3v) is 6.07. The van der Waals surface area contributed by atoms with Crippen molar-refractivity contribution in [3.05, 3.63) is 77.4 Å². The van der Waals surface area contributed by atoms with Crippen LogP contribution in [0.4, 0.5) is 18.9 Å².